The molecule has 1 aliphatic rings. The van der Waals surface area contributed by atoms with Crippen molar-refractivity contribution in [2.24, 2.45) is 0 Å². The minimum atomic E-state index is -4.53. The third-order valence-corrected chi connectivity index (χ3v) is 9.06. The van der Waals surface area contributed by atoms with Crippen molar-refractivity contribution >= 4 is 53.4 Å². The summed E-state index contributed by atoms with van der Waals surface area (Å²) in [7, 11) is -6.46. The Balaban J connectivity index is 2.10. The Morgan fingerprint density at radius 2 is 1.83 bits per heavy atom. The highest BCUT2D eigenvalue weighted by Crippen LogP contribution is 2.73. The lowest BCUT2D eigenvalue weighted by atomic mass is 10.1. The standard InChI is InChI=1S/C18H18Br2F3NO4S2/c1-17(2,3)29(25)24-16-14-13(30(26,27)18(16,22)23)5-4-12(15(14)20)28-11-7-9(19)6-10(21)8-11/h4-8,16,24,26-27H,1-3H3. The predicted molar refractivity (Wildman–Crippen MR) is 118 cm³/mol. The van der Waals surface area contributed by atoms with Gasteiger partial charge >= 0.3 is 5.25 Å². The molecule has 0 aromatic heterocycles. The monoisotopic (exact) mass is 591 g/mol. The Morgan fingerprint density at radius 3 is 2.40 bits per heavy atom. The number of nitrogens with one attached hydrogen (secondary N) is 1. The molecule has 0 fully saturated rings. The van der Waals surface area contributed by atoms with Crippen molar-refractivity contribution in [2.75, 3.05) is 0 Å². The molecule has 0 aliphatic carbocycles. The van der Waals surface area contributed by atoms with Gasteiger partial charge in [0, 0.05) is 16.1 Å². The van der Waals surface area contributed by atoms with Crippen molar-refractivity contribution in [3.63, 3.8) is 0 Å². The molecule has 0 saturated carbocycles. The van der Waals surface area contributed by atoms with Gasteiger partial charge in [0.2, 0.25) is 0 Å². The number of halogens is 5. The minimum absolute atomic E-state index is 0.0148. The van der Waals surface area contributed by atoms with E-state index in [0.717, 1.165) is 12.1 Å². The van der Waals surface area contributed by atoms with Crippen LogP contribution < -0.4 is 9.46 Å². The second-order valence-electron chi connectivity index (χ2n) is 7.54. The van der Waals surface area contributed by atoms with Crippen LogP contribution in [0.2, 0.25) is 0 Å². The summed E-state index contributed by atoms with van der Waals surface area (Å²) in [6.07, 6.45) is 0. The maximum atomic E-state index is 15.0. The smallest absolute Gasteiger partial charge is 0.361 e. The molecular formula is C18H18Br2F3NO4S2. The summed E-state index contributed by atoms with van der Waals surface area (Å²) in [5.74, 6) is -0.424. The van der Waals surface area contributed by atoms with Crippen LogP contribution in [0.4, 0.5) is 13.2 Å². The lowest BCUT2D eigenvalue weighted by Crippen LogP contribution is -2.42. The zero-order valence-electron chi connectivity index (χ0n) is 15.9. The first kappa shape index (κ1) is 24.0. The molecule has 1 aliphatic heterocycles. The molecule has 0 saturated heterocycles. The van der Waals surface area contributed by atoms with Gasteiger partial charge in [0.25, 0.3) is 0 Å². The molecule has 12 heteroatoms. The van der Waals surface area contributed by atoms with E-state index in [1.807, 2.05) is 0 Å². The van der Waals surface area contributed by atoms with Crippen molar-refractivity contribution in [1.29, 1.82) is 0 Å². The van der Waals surface area contributed by atoms with E-state index < -0.39 is 43.4 Å². The van der Waals surface area contributed by atoms with Crippen LogP contribution >= 0.6 is 42.4 Å². The number of hydrogen-bond donors (Lipinski definition) is 3. The van der Waals surface area contributed by atoms with Gasteiger partial charge in [0.1, 0.15) is 23.4 Å². The fourth-order valence-corrected chi connectivity index (χ4v) is 6.48. The average Bonchev–Trinajstić information content (AvgIpc) is 2.73. The predicted octanol–water partition coefficient (Wildman–Crippen LogP) is 6.95. The Bertz CT molecular complexity index is 1010. The van der Waals surface area contributed by atoms with Gasteiger partial charge in [-0.25, -0.2) is 13.3 Å². The van der Waals surface area contributed by atoms with Crippen molar-refractivity contribution in [2.45, 2.75) is 41.7 Å². The topological polar surface area (TPSA) is 78.8 Å². The zero-order chi connectivity index (χ0) is 22.6. The summed E-state index contributed by atoms with van der Waals surface area (Å²) in [4.78, 5) is -0.379. The van der Waals surface area contributed by atoms with Gasteiger partial charge in [-0.1, -0.05) is 15.9 Å². The summed E-state index contributed by atoms with van der Waals surface area (Å²) >= 11 is 6.34. The van der Waals surface area contributed by atoms with E-state index in [-0.39, 0.29) is 26.4 Å². The highest BCUT2D eigenvalue weighted by molar-refractivity contribution is 9.10. The van der Waals surface area contributed by atoms with Crippen LogP contribution in [-0.4, -0.2) is 23.3 Å². The fraction of sp³-hybridized carbons (Fsp3) is 0.333. The quantitative estimate of drug-likeness (QED) is 0.359. The number of fused-ring (bicyclic) bond motifs is 1. The summed E-state index contributed by atoms with van der Waals surface area (Å²) in [5.41, 5.74) is -0.175. The van der Waals surface area contributed by atoms with E-state index in [9.17, 15) is 26.5 Å². The first-order chi connectivity index (χ1) is 13.7. The third kappa shape index (κ3) is 4.19. The van der Waals surface area contributed by atoms with Crippen molar-refractivity contribution in [1.82, 2.24) is 4.72 Å². The maximum Gasteiger partial charge on any atom is 0.361 e. The second kappa shape index (κ2) is 8.05. The lowest BCUT2D eigenvalue weighted by molar-refractivity contribution is 0.0517. The fourth-order valence-electron chi connectivity index (χ4n) is 2.76. The molecule has 166 valence electrons. The first-order valence-corrected chi connectivity index (χ1v) is 12.7. The summed E-state index contributed by atoms with van der Waals surface area (Å²) in [6.45, 7) is 4.79. The molecule has 2 aromatic rings. The molecule has 0 amide bonds. The van der Waals surface area contributed by atoms with Crippen LogP contribution in [0.1, 0.15) is 32.4 Å². The van der Waals surface area contributed by atoms with Gasteiger partial charge in [-0.05, 0) is 61.0 Å². The number of ether oxygens (including phenoxy) is 1. The molecule has 3 N–H and O–H groups in total. The number of benzene rings is 2. The molecule has 0 spiro atoms. The molecule has 5 nitrogen and oxygen atoms in total. The van der Waals surface area contributed by atoms with E-state index in [1.165, 1.54) is 18.2 Å². The molecular weight excluding hydrogens is 575 g/mol. The van der Waals surface area contributed by atoms with Gasteiger partial charge in [-0.2, -0.15) is 8.78 Å². The first-order valence-electron chi connectivity index (χ1n) is 8.46. The van der Waals surface area contributed by atoms with Crippen LogP contribution in [0.3, 0.4) is 0 Å². The number of hydrogen-bond acceptors (Lipinski definition) is 4. The van der Waals surface area contributed by atoms with E-state index in [1.54, 1.807) is 20.8 Å². The highest BCUT2D eigenvalue weighted by atomic mass is 79.9. The Labute approximate surface area is 192 Å². The molecule has 30 heavy (non-hydrogen) atoms. The molecule has 1 heterocycles. The van der Waals surface area contributed by atoms with Crippen LogP contribution in [0, 0.1) is 5.82 Å². The zero-order valence-corrected chi connectivity index (χ0v) is 20.7. The Morgan fingerprint density at radius 1 is 1.20 bits per heavy atom. The molecule has 2 atom stereocenters. The lowest BCUT2D eigenvalue weighted by Gasteiger charge is -2.36. The van der Waals surface area contributed by atoms with Crippen LogP contribution in [0.5, 0.6) is 11.5 Å². The van der Waals surface area contributed by atoms with Crippen molar-refractivity contribution in [3.8, 4) is 11.5 Å². The van der Waals surface area contributed by atoms with Gasteiger partial charge in [0.05, 0.1) is 25.1 Å². The summed E-state index contributed by atoms with van der Waals surface area (Å²) < 4.78 is 84.2. The molecule has 2 aromatic carbocycles. The van der Waals surface area contributed by atoms with Gasteiger partial charge in [0.15, 0.2) is 0 Å². The Hall–Kier alpha value is -0.630. The average molecular weight is 593 g/mol. The number of rotatable bonds is 4. The minimum Gasteiger partial charge on any atom is -0.456 e. The summed E-state index contributed by atoms with van der Waals surface area (Å²) in [6, 6.07) is 4.26. The molecule has 2 unspecified atom stereocenters. The van der Waals surface area contributed by atoms with Gasteiger partial charge < -0.3 is 4.74 Å². The van der Waals surface area contributed by atoms with Gasteiger partial charge in [-0.15, -0.1) is 10.6 Å². The van der Waals surface area contributed by atoms with Crippen LogP contribution in [0.25, 0.3) is 0 Å². The molecule has 0 radical (unpaired) electrons. The molecule has 0 bridgehead atoms. The van der Waals surface area contributed by atoms with E-state index in [4.69, 9.17) is 4.74 Å². The van der Waals surface area contributed by atoms with E-state index in [2.05, 4.69) is 36.6 Å². The Kier molecular flexibility index (Phi) is 6.45. The normalized spacial score (nSPS) is 21.7. The van der Waals surface area contributed by atoms with E-state index >= 15 is 0 Å². The van der Waals surface area contributed by atoms with Crippen LogP contribution in [0.15, 0.2) is 44.2 Å². The van der Waals surface area contributed by atoms with Crippen LogP contribution in [-0.2, 0) is 11.0 Å². The van der Waals surface area contributed by atoms with E-state index in [0.29, 0.717) is 4.47 Å². The molecule has 3 rings (SSSR count). The SMILES string of the molecule is CC(C)(C)S(=O)NC1c2c(ccc(Oc3cc(F)cc(Br)c3)c2Br)S(O)(O)C1(F)F. The summed E-state index contributed by atoms with van der Waals surface area (Å²) in [5, 5.41) is -4.01. The van der Waals surface area contributed by atoms with Crippen molar-refractivity contribution < 1.29 is 31.2 Å². The largest absolute Gasteiger partial charge is 0.456 e. The maximum absolute atomic E-state index is 15.0. The van der Waals surface area contributed by atoms with Crippen molar-refractivity contribution in [3.05, 3.63) is 50.7 Å². The van der Waals surface area contributed by atoms with Gasteiger partial charge in [-0.3, -0.25) is 9.11 Å². The third-order valence-electron chi connectivity index (χ3n) is 4.26. The second-order valence-corrected chi connectivity index (χ2v) is 13.3. The highest BCUT2D eigenvalue weighted by Gasteiger charge is 2.62. The number of alkyl halides is 2.